The van der Waals surface area contributed by atoms with Gasteiger partial charge in [0.15, 0.2) is 0 Å². The molecule has 146 valence electrons. The molecule has 29 heavy (non-hydrogen) atoms. The van der Waals surface area contributed by atoms with Gasteiger partial charge < -0.3 is 10.1 Å². The van der Waals surface area contributed by atoms with Gasteiger partial charge in [0.25, 0.3) is 5.91 Å². The number of aromatic nitrogens is 3. The Bertz CT molecular complexity index is 1130. The second-order valence-corrected chi connectivity index (χ2v) is 7.55. The van der Waals surface area contributed by atoms with Crippen molar-refractivity contribution >= 4 is 39.1 Å². The van der Waals surface area contributed by atoms with E-state index in [1.807, 2.05) is 24.3 Å². The van der Waals surface area contributed by atoms with Crippen molar-refractivity contribution in [1.29, 1.82) is 0 Å². The molecule has 2 heterocycles. The Hall–Kier alpha value is -3.52. The number of nitrogens with one attached hydrogen (secondary N) is 1. The first kappa shape index (κ1) is 18.8. The predicted molar refractivity (Wildman–Crippen MR) is 111 cm³/mol. The highest BCUT2D eigenvalue weighted by molar-refractivity contribution is 7.18. The van der Waals surface area contributed by atoms with Crippen molar-refractivity contribution < 1.29 is 14.3 Å². The van der Waals surface area contributed by atoms with E-state index in [-0.39, 0.29) is 18.3 Å². The van der Waals surface area contributed by atoms with E-state index in [1.165, 1.54) is 6.20 Å². The molecule has 4 aromatic rings. The highest BCUT2D eigenvalue weighted by Gasteiger charge is 2.11. The number of hydrogen-bond donors (Lipinski definition) is 1. The number of thiazole rings is 1. The summed E-state index contributed by atoms with van der Waals surface area (Å²) in [7, 11) is 1.75. The Balaban J connectivity index is 1.29. The highest BCUT2D eigenvalue weighted by Crippen LogP contribution is 2.23. The molecule has 0 aliphatic carbocycles. The van der Waals surface area contributed by atoms with Gasteiger partial charge in [0.2, 0.25) is 0 Å². The number of anilines is 1. The molecule has 0 atom stereocenters. The summed E-state index contributed by atoms with van der Waals surface area (Å²) in [6.07, 6.45) is 3.92. The lowest BCUT2D eigenvalue weighted by Crippen LogP contribution is -2.11. The molecule has 0 bridgehead atoms. The molecule has 2 aromatic carbocycles. The van der Waals surface area contributed by atoms with Crippen molar-refractivity contribution in [1.82, 2.24) is 14.8 Å². The van der Waals surface area contributed by atoms with Crippen LogP contribution in [0.25, 0.3) is 10.2 Å². The molecule has 0 aliphatic heterocycles. The number of carbonyl (C=O) groups excluding carboxylic acids is 2. The first-order valence-corrected chi connectivity index (χ1v) is 9.84. The number of hydrogen-bond acceptors (Lipinski definition) is 6. The van der Waals surface area contributed by atoms with Crippen LogP contribution in [0, 0.1) is 0 Å². The van der Waals surface area contributed by atoms with Gasteiger partial charge in [-0.1, -0.05) is 12.1 Å². The molecule has 8 heteroatoms. The van der Waals surface area contributed by atoms with Gasteiger partial charge in [-0.3, -0.25) is 14.3 Å². The van der Waals surface area contributed by atoms with Crippen LogP contribution in [0.1, 0.15) is 21.8 Å². The number of benzene rings is 2. The molecule has 2 aromatic heterocycles. The summed E-state index contributed by atoms with van der Waals surface area (Å²) in [5.41, 5.74) is 2.02. The van der Waals surface area contributed by atoms with E-state index in [0.717, 1.165) is 15.2 Å². The van der Waals surface area contributed by atoms with Crippen molar-refractivity contribution in [3.05, 3.63) is 71.5 Å². The molecule has 1 N–H and O–H groups in total. The van der Waals surface area contributed by atoms with Crippen molar-refractivity contribution in [3.8, 4) is 5.75 Å². The number of amides is 1. The fraction of sp³-hybridized carbons (Fsp3) is 0.143. The number of esters is 1. The van der Waals surface area contributed by atoms with Crippen LogP contribution in [0.2, 0.25) is 0 Å². The average molecular weight is 406 g/mol. The van der Waals surface area contributed by atoms with Gasteiger partial charge in [-0.15, -0.1) is 11.3 Å². The lowest BCUT2D eigenvalue weighted by molar-refractivity contribution is -0.134. The zero-order chi connectivity index (χ0) is 20.2. The number of aryl methyl sites for hydroxylation is 2. The zero-order valence-corrected chi connectivity index (χ0v) is 16.5. The third-order valence-electron chi connectivity index (χ3n) is 4.19. The van der Waals surface area contributed by atoms with Crippen molar-refractivity contribution in [2.45, 2.75) is 12.8 Å². The van der Waals surface area contributed by atoms with Gasteiger partial charge in [0, 0.05) is 25.4 Å². The number of ether oxygens (including phenoxy) is 1. The maximum atomic E-state index is 12.1. The topological polar surface area (TPSA) is 86.1 Å². The molecule has 0 spiro atoms. The Labute approximate surface area is 171 Å². The molecule has 0 aliphatic rings. The van der Waals surface area contributed by atoms with Crippen LogP contribution in [-0.4, -0.2) is 26.6 Å². The molecule has 0 saturated heterocycles. The summed E-state index contributed by atoms with van der Waals surface area (Å²) < 4.78 is 8.04. The second kappa shape index (κ2) is 8.24. The highest BCUT2D eigenvalue weighted by atomic mass is 32.1. The van der Waals surface area contributed by atoms with Gasteiger partial charge >= 0.3 is 5.97 Å². The summed E-state index contributed by atoms with van der Waals surface area (Å²) in [5, 5.41) is 7.66. The molecule has 4 rings (SSSR count). The number of rotatable bonds is 6. The van der Waals surface area contributed by atoms with Gasteiger partial charge in [0.05, 0.1) is 33.4 Å². The Morgan fingerprint density at radius 3 is 2.66 bits per heavy atom. The van der Waals surface area contributed by atoms with Gasteiger partial charge in [-0.05, 0) is 36.4 Å². The molecule has 0 radical (unpaired) electrons. The minimum Gasteiger partial charge on any atom is -0.427 e. The number of para-hydroxylation sites is 1. The average Bonchev–Trinajstić information content (AvgIpc) is 3.33. The third kappa shape index (κ3) is 4.67. The van der Waals surface area contributed by atoms with Crippen LogP contribution in [-0.2, 0) is 18.3 Å². The molecule has 0 fully saturated rings. The fourth-order valence-electron chi connectivity index (χ4n) is 2.77. The second-order valence-electron chi connectivity index (χ2n) is 6.43. The van der Waals surface area contributed by atoms with Gasteiger partial charge in [-0.25, -0.2) is 4.98 Å². The minimum atomic E-state index is -0.323. The van der Waals surface area contributed by atoms with E-state index in [2.05, 4.69) is 15.4 Å². The summed E-state index contributed by atoms with van der Waals surface area (Å²) in [6, 6.07) is 14.6. The molecule has 7 nitrogen and oxygen atoms in total. The summed E-state index contributed by atoms with van der Waals surface area (Å²) in [6.45, 7) is 0. The van der Waals surface area contributed by atoms with E-state index >= 15 is 0 Å². The van der Waals surface area contributed by atoms with Crippen LogP contribution < -0.4 is 10.1 Å². The minimum absolute atomic E-state index is 0.249. The quantitative estimate of drug-likeness (QED) is 0.389. The Morgan fingerprint density at radius 2 is 1.93 bits per heavy atom. The van der Waals surface area contributed by atoms with Gasteiger partial charge in [-0.2, -0.15) is 5.10 Å². The Kier molecular flexibility index (Phi) is 5.35. The maximum Gasteiger partial charge on any atom is 0.311 e. The largest absolute Gasteiger partial charge is 0.427 e. The lowest BCUT2D eigenvalue weighted by Gasteiger charge is -2.06. The zero-order valence-electron chi connectivity index (χ0n) is 15.7. The normalized spacial score (nSPS) is 10.8. The van der Waals surface area contributed by atoms with Crippen LogP contribution in [0.15, 0.2) is 60.9 Å². The molecule has 0 saturated carbocycles. The number of carbonyl (C=O) groups is 2. The molecular weight excluding hydrogens is 388 g/mol. The monoisotopic (exact) mass is 406 g/mol. The van der Waals surface area contributed by atoms with Gasteiger partial charge in [0.1, 0.15) is 5.75 Å². The lowest BCUT2D eigenvalue weighted by atomic mass is 10.2. The Morgan fingerprint density at radius 1 is 1.14 bits per heavy atom. The SMILES string of the molecule is Cn1cc(C(=O)Nc2ccc(OC(=O)CCc3nc4ccccc4s3)cc2)cn1. The molecule has 1 amide bonds. The van der Waals surface area contributed by atoms with Crippen LogP contribution in [0.5, 0.6) is 5.75 Å². The molecule has 0 unspecified atom stereocenters. The molecular formula is C21H18N4O3S. The number of fused-ring (bicyclic) bond motifs is 1. The van der Waals surface area contributed by atoms with E-state index in [1.54, 1.807) is 53.5 Å². The van der Waals surface area contributed by atoms with Crippen molar-refractivity contribution in [2.75, 3.05) is 5.32 Å². The maximum absolute atomic E-state index is 12.1. The number of nitrogens with zero attached hydrogens (tertiary/aromatic N) is 3. The van der Waals surface area contributed by atoms with Crippen molar-refractivity contribution in [3.63, 3.8) is 0 Å². The summed E-state index contributed by atoms with van der Waals surface area (Å²) >= 11 is 1.59. The van der Waals surface area contributed by atoms with Crippen LogP contribution >= 0.6 is 11.3 Å². The van der Waals surface area contributed by atoms with Crippen LogP contribution in [0.3, 0.4) is 0 Å². The fourth-order valence-corrected chi connectivity index (χ4v) is 3.73. The van der Waals surface area contributed by atoms with Crippen LogP contribution in [0.4, 0.5) is 5.69 Å². The van der Waals surface area contributed by atoms with E-state index < -0.39 is 0 Å². The summed E-state index contributed by atoms with van der Waals surface area (Å²) in [4.78, 5) is 28.8. The summed E-state index contributed by atoms with van der Waals surface area (Å²) in [5.74, 6) is -0.145. The first-order chi connectivity index (χ1) is 14.1. The smallest absolute Gasteiger partial charge is 0.311 e. The predicted octanol–water partition coefficient (Wildman–Crippen LogP) is 3.82. The first-order valence-electron chi connectivity index (χ1n) is 9.02. The van der Waals surface area contributed by atoms with Crippen molar-refractivity contribution in [2.24, 2.45) is 7.05 Å². The van der Waals surface area contributed by atoms with E-state index in [9.17, 15) is 9.59 Å². The standard InChI is InChI=1S/C21H18N4O3S/c1-25-13-14(12-22-25)21(27)23-15-6-8-16(9-7-15)28-20(26)11-10-19-24-17-4-2-3-5-18(17)29-19/h2-9,12-13H,10-11H2,1H3,(H,23,27). The third-order valence-corrected chi connectivity index (χ3v) is 5.29. The van der Waals surface area contributed by atoms with E-state index in [0.29, 0.717) is 23.4 Å². The van der Waals surface area contributed by atoms with E-state index in [4.69, 9.17) is 4.74 Å².